The summed E-state index contributed by atoms with van der Waals surface area (Å²) < 4.78 is 112. The molecule has 56 heavy (non-hydrogen) atoms. The molecule has 5 atom stereocenters. The molecule has 1 saturated carbocycles. The minimum absolute atomic E-state index is 0.00167. The zero-order chi connectivity index (χ0) is 40.2. The summed E-state index contributed by atoms with van der Waals surface area (Å²) in [4.78, 5) is 60.3. The van der Waals surface area contributed by atoms with E-state index in [1.54, 1.807) is 6.08 Å². The lowest BCUT2D eigenvalue weighted by Gasteiger charge is -2.37. The molecule has 1 aromatic heterocycles. The molecule has 0 radical (unpaired) electrons. The molecule has 304 valence electrons. The fourth-order valence-corrected chi connectivity index (χ4v) is 9.21. The number of methoxy groups -OCH3 is 1. The summed E-state index contributed by atoms with van der Waals surface area (Å²) in [7, 11) is -2.49. The Morgan fingerprint density at radius 3 is 2.62 bits per heavy atom. The lowest BCUT2D eigenvalue weighted by atomic mass is 9.87. The minimum Gasteiger partial charge on any atom is -0.497 e. The maximum atomic E-state index is 14.6. The summed E-state index contributed by atoms with van der Waals surface area (Å²) in [6.45, 7) is -1.76. The van der Waals surface area contributed by atoms with Crippen LogP contribution in [0.25, 0.3) is 10.9 Å². The van der Waals surface area contributed by atoms with Gasteiger partial charge in [-0.2, -0.15) is 13.2 Å². The Hall–Kier alpha value is -4.75. The Labute approximate surface area is 318 Å². The lowest BCUT2D eigenvalue weighted by Crippen LogP contribution is -2.62. The van der Waals surface area contributed by atoms with E-state index in [0.29, 0.717) is 41.1 Å². The molecule has 1 spiro atoms. The highest BCUT2D eigenvalue weighted by Crippen LogP contribution is 2.50. The van der Waals surface area contributed by atoms with Crippen molar-refractivity contribution in [3.05, 3.63) is 41.6 Å². The molecule has 7 rings (SSSR count). The topological polar surface area (TPSA) is 174 Å². The van der Waals surface area contributed by atoms with Crippen molar-refractivity contribution < 1.29 is 63.8 Å². The van der Waals surface area contributed by atoms with Gasteiger partial charge in [-0.15, -0.1) is 0 Å². The maximum absolute atomic E-state index is 14.6. The van der Waals surface area contributed by atoms with Gasteiger partial charge in [0, 0.05) is 23.3 Å². The van der Waals surface area contributed by atoms with E-state index >= 15 is 0 Å². The molecule has 2 saturated heterocycles. The Bertz CT molecular complexity index is 2080. The summed E-state index contributed by atoms with van der Waals surface area (Å²) in [6, 6.07) is 1.52. The Morgan fingerprint density at radius 2 is 1.95 bits per heavy atom. The van der Waals surface area contributed by atoms with Crippen LogP contribution in [0.1, 0.15) is 62.6 Å². The van der Waals surface area contributed by atoms with Crippen LogP contribution in [-0.2, 0) is 41.7 Å². The number of amides is 4. The van der Waals surface area contributed by atoms with E-state index in [0.717, 1.165) is 4.90 Å². The Balaban J connectivity index is 1.27. The number of alkyl halides is 5. The van der Waals surface area contributed by atoms with E-state index in [-0.39, 0.29) is 55.5 Å². The number of fused-ring (bicyclic) bond motifs is 5. The van der Waals surface area contributed by atoms with Crippen molar-refractivity contribution in [3.63, 3.8) is 0 Å². The van der Waals surface area contributed by atoms with Gasteiger partial charge < -0.3 is 29.7 Å². The van der Waals surface area contributed by atoms with Gasteiger partial charge in [-0.1, -0.05) is 25.0 Å². The van der Waals surface area contributed by atoms with Gasteiger partial charge in [0.1, 0.15) is 29.0 Å². The second kappa shape index (κ2) is 14.6. The van der Waals surface area contributed by atoms with Crippen LogP contribution >= 0.6 is 0 Å². The predicted molar refractivity (Wildman–Crippen MR) is 186 cm³/mol. The SMILES string of the molecule is COc1ccc2nc(C(F)(F)F)c3c(c2c1)CC[C@]1(C[C@H]2C(=O)N[C@]4(C(=O)N5CCS5(=O)=O)C[C@H]4/C=C\CCCCC[C@H](NC(=O)OCC(F)F)C(=O)N2C1)O3. The van der Waals surface area contributed by atoms with Crippen molar-refractivity contribution in [2.45, 2.75) is 93.6 Å². The number of allylic oxidation sites excluding steroid dienone is 1. The van der Waals surface area contributed by atoms with E-state index in [9.17, 15) is 49.5 Å². The molecule has 20 heteroatoms. The molecule has 3 fully saturated rings. The number of hydrogen-bond acceptors (Lipinski definition) is 10. The van der Waals surface area contributed by atoms with E-state index in [1.807, 2.05) is 6.08 Å². The van der Waals surface area contributed by atoms with Gasteiger partial charge in [-0.25, -0.2) is 31.3 Å². The number of halogens is 5. The maximum Gasteiger partial charge on any atom is 0.437 e. The first-order valence-electron chi connectivity index (χ1n) is 18.3. The molecule has 14 nitrogen and oxygen atoms in total. The molecule has 4 aliphatic heterocycles. The second-order valence-corrected chi connectivity index (χ2v) is 16.9. The number of carbonyl (C=O) groups is 4. The number of sulfonamides is 1. The van der Waals surface area contributed by atoms with Gasteiger partial charge in [0.25, 0.3) is 12.3 Å². The summed E-state index contributed by atoms with van der Waals surface area (Å²) in [5, 5.41) is 5.39. The van der Waals surface area contributed by atoms with Crippen molar-refractivity contribution in [3.8, 4) is 11.5 Å². The van der Waals surface area contributed by atoms with Gasteiger partial charge >= 0.3 is 12.3 Å². The van der Waals surface area contributed by atoms with Crippen molar-refractivity contribution in [1.82, 2.24) is 24.8 Å². The highest BCUT2D eigenvalue weighted by Gasteiger charge is 2.65. The number of nitrogens with zero attached hydrogens (tertiary/aromatic N) is 3. The summed E-state index contributed by atoms with van der Waals surface area (Å²) >= 11 is 0. The third-order valence-corrected chi connectivity index (χ3v) is 12.9. The van der Waals surface area contributed by atoms with Crippen LogP contribution in [-0.4, -0.2) is 109 Å². The minimum atomic E-state index is -4.97. The van der Waals surface area contributed by atoms with Crippen LogP contribution in [0.3, 0.4) is 0 Å². The van der Waals surface area contributed by atoms with Crippen molar-refractivity contribution >= 4 is 44.7 Å². The number of carbonyl (C=O) groups excluding carboxylic acids is 4. The van der Waals surface area contributed by atoms with E-state index < -0.39 is 100 Å². The van der Waals surface area contributed by atoms with E-state index in [1.165, 1.54) is 25.3 Å². The molecule has 1 aliphatic carbocycles. The summed E-state index contributed by atoms with van der Waals surface area (Å²) in [5.41, 5.74) is -4.34. The Morgan fingerprint density at radius 1 is 1.16 bits per heavy atom. The standard InChI is InChI=1S/C36H40F5N5O9S/c1-53-21-9-10-24-23(15-21)22-11-12-34(55-28(22)29(42-24)36(39,40)41)17-26-30(47)44-35(32(49)46-13-14-56(46,51)52)16-20(35)7-5-3-2-4-6-8-25(31(48)45(26)19-34)43-33(50)54-18-27(37)38/h5,7,9-10,15,20,25-27H,2-4,6,8,11-14,16-19H2,1H3,(H,43,50)(H,44,47)/b7-5-/t20-,25+,26+,34-,35-/m1/s1. The number of aryl methyl sites for hydroxylation is 1. The van der Waals surface area contributed by atoms with Gasteiger partial charge in [0.2, 0.25) is 21.8 Å². The van der Waals surface area contributed by atoms with Crippen LogP contribution in [0.4, 0.5) is 26.7 Å². The highest BCUT2D eigenvalue weighted by atomic mass is 32.2. The molecule has 1 aromatic carbocycles. The molecule has 5 heterocycles. The fraction of sp³-hybridized carbons (Fsp3) is 0.583. The first-order chi connectivity index (χ1) is 26.5. The highest BCUT2D eigenvalue weighted by molar-refractivity contribution is 7.90. The molecule has 2 aromatic rings. The molecule has 5 aliphatic rings. The number of benzene rings is 1. The summed E-state index contributed by atoms with van der Waals surface area (Å²) in [5.74, 6) is -3.63. The number of hydrogen-bond donors (Lipinski definition) is 2. The third-order valence-electron chi connectivity index (χ3n) is 11.2. The molecular formula is C36H40F5N5O9S. The van der Waals surface area contributed by atoms with Crippen molar-refractivity contribution in [2.24, 2.45) is 5.92 Å². The Kier molecular flexibility index (Phi) is 10.3. The number of rotatable bonds is 5. The van der Waals surface area contributed by atoms with E-state index in [4.69, 9.17) is 9.47 Å². The average Bonchev–Trinajstić information content (AvgIpc) is 3.72. The first kappa shape index (κ1) is 39.5. The zero-order valence-corrected chi connectivity index (χ0v) is 31.0. The molecule has 0 bridgehead atoms. The lowest BCUT2D eigenvalue weighted by molar-refractivity contribution is -0.144. The van der Waals surface area contributed by atoms with Gasteiger partial charge in [-0.3, -0.25) is 14.4 Å². The third kappa shape index (κ3) is 7.43. The van der Waals surface area contributed by atoms with Crippen molar-refractivity contribution in [1.29, 1.82) is 0 Å². The van der Waals surface area contributed by atoms with Crippen LogP contribution < -0.4 is 20.1 Å². The fourth-order valence-electron chi connectivity index (χ4n) is 8.13. The van der Waals surface area contributed by atoms with Crippen LogP contribution in [0.15, 0.2) is 30.4 Å². The average molecular weight is 814 g/mol. The zero-order valence-electron chi connectivity index (χ0n) is 30.2. The van der Waals surface area contributed by atoms with Crippen LogP contribution in [0.2, 0.25) is 0 Å². The second-order valence-electron chi connectivity index (χ2n) is 14.8. The van der Waals surface area contributed by atoms with Crippen molar-refractivity contribution in [2.75, 3.05) is 32.6 Å². The number of ether oxygens (including phenoxy) is 3. The van der Waals surface area contributed by atoms with Gasteiger partial charge in [0.05, 0.1) is 31.5 Å². The number of alkyl carbamates (subject to hydrolysis) is 1. The number of aromatic nitrogens is 1. The van der Waals surface area contributed by atoms with Crippen LogP contribution in [0, 0.1) is 5.92 Å². The van der Waals surface area contributed by atoms with E-state index in [2.05, 4.69) is 20.4 Å². The quantitative estimate of drug-likeness (QED) is 0.334. The smallest absolute Gasteiger partial charge is 0.437 e. The number of pyridine rings is 1. The first-order valence-corrected chi connectivity index (χ1v) is 19.9. The molecule has 2 N–H and O–H groups in total. The monoisotopic (exact) mass is 813 g/mol. The largest absolute Gasteiger partial charge is 0.497 e. The predicted octanol–water partition coefficient (Wildman–Crippen LogP) is 3.85. The molecule has 0 unspecified atom stereocenters. The van der Waals surface area contributed by atoms with Gasteiger partial charge in [0.15, 0.2) is 18.1 Å². The van der Waals surface area contributed by atoms with Gasteiger partial charge in [-0.05, 0) is 56.7 Å². The number of nitrogens with one attached hydrogen (secondary N) is 2. The summed E-state index contributed by atoms with van der Waals surface area (Å²) in [6.07, 6.45) is -3.90. The molecular weight excluding hydrogens is 773 g/mol. The van der Waals surface area contributed by atoms with Crippen LogP contribution in [0.5, 0.6) is 11.5 Å². The normalized spacial score (nSPS) is 29.4. The molecule has 4 amide bonds.